The summed E-state index contributed by atoms with van der Waals surface area (Å²) in [6.45, 7) is -1.05. The summed E-state index contributed by atoms with van der Waals surface area (Å²) in [5, 5.41) is 11.3. The summed E-state index contributed by atoms with van der Waals surface area (Å²) in [4.78, 5) is 49.3. The van der Waals surface area contributed by atoms with Crippen molar-refractivity contribution < 1.29 is 23.9 Å². The fraction of sp³-hybridized carbons (Fsp3) is 0.316. The first kappa shape index (κ1) is 18.3. The molecular weight excluding hydrogens is 350 g/mol. The van der Waals surface area contributed by atoms with Crippen molar-refractivity contribution >= 4 is 29.4 Å². The zero-order valence-corrected chi connectivity index (χ0v) is 14.4. The minimum atomic E-state index is -0.829. The van der Waals surface area contributed by atoms with E-state index in [1.165, 1.54) is 6.07 Å². The first-order valence-corrected chi connectivity index (χ1v) is 8.45. The number of amides is 3. The molecule has 0 spiro atoms. The SMILES string of the molecule is N#Cc1cccc(NC(=O)COC(=O)CN2C(=O)[C@@H]3CC=CC[C@H]3C2=O)c1. The second-order valence-corrected chi connectivity index (χ2v) is 6.32. The third kappa shape index (κ3) is 4.03. The predicted octanol–water partition coefficient (Wildman–Crippen LogP) is 0.991. The van der Waals surface area contributed by atoms with Gasteiger partial charge in [0.25, 0.3) is 5.91 Å². The van der Waals surface area contributed by atoms with Gasteiger partial charge in [-0.1, -0.05) is 18.2 Å². The van der Waals surface area contributed by atoms with Gasteiger partial charge in [0.2, 0.25) is 11.8 Å². The molecule has 1 aliphatic heterocycles. The fourth-order valence-electron chi connectivity index (χ4n) is 3.21. The second kappa shape index (κ2) is 7.83. The van der Waals surface area contributed by atoms with E-state index in [9.17, 15) is 19.2 Å². The van der Waals surface area contributed by atoms with Crippen molar-refractivity contribution in [3.63, 3.8) is 0 Å². The molecule has 1 saturated heterocycles. The molecule has 138 valence electrons. The maximum Gasteiger partial charge on any atom is 0.326 e. The number of likely N-dealkylation sites (tertiary alicyclic amines) is 1. The Morgan fingerprint density at radius 1 is 1.19 bits per heavy atom. The van der Waals surface area contributed by atoms with Gasteiger partial charge in [-0.2, -0.15) is 5.26 Å². The summed E-state index contributed by atoms with van der Waals surface area (Å²) >= 11 is 0. The summed E-state index contributed by atoms with van der Waals surface area (Å²) < 4.78 is 4.87. The number of anilines is 1. The monoisotopic (exact) mass is 367 g/mol. The van der Waals surface area contributed by atoms with E-state index in [1.807, 2.05) is 18.2 Å². The van der Waals surface area contributed by atoms with Crippen LogP contribution in [0.2, 0.25) is 0 Å². The van der Waals surface area contributed by atoms with E-state index in [0.29, 0.717) is 24.1 Å². The van der Waals surface area contributed by atoms with Crippen molar-refractivity contribution in [1.29, 1.82) is 5.26 Å². The summed E-state index contributed by atoms with van der Waals surface area (Å²) in [5.41, 5.74) is 0.781. The van der Waals surface area contributed by atoms with Gasteiger partial charge in [-0.3, -0.25) is 24.1 Å². The Hall–Kier alpha value is -3.47. The number of carbonyl (C=O) groups excluding carboxylic acids is 4. The van der Waals surface area contributed by atoms with Crippen LogP contribution in [-0.4, -0.2) is 41.7 Å². The topological polar surface area (TPSA) is 117 Å². The third-order valence-electron chi connectivity index (χ3n) is 4.53. The molecule has 8 nitrogen and oxygen atoms in total. The molecule has 0 radical (unpaired) electrons. The molecule has 1 heterocycles. The van der Waals surface area contributed by atoms with E-state index in [1.54, 1.807) is 18.2 Å². The average molecular weight is 367 g/mol. The average Bonchev–Trinajstić information content (AvgIpc) is 2.92. The molecule has 0 bridgehead atoms. The zero-order valence-electron chi connectivity index (χ0n) is 14.4. The third-order valence-corrected chi connectivity index (χ3v) is 4.53. The fourth-order valence-corrected chi connectivity index (χ4v) is 3.21. The number of allylic oxidation sites excluding steroid dienone is 2. The van der Waals surface area contributed by atoms with Crippen molar-refractivity contribution in [1.82, 2.24) is 4.90 Å². The van der Waals surface area contributed by atoms with Gasteiger partial charge in [-0.05, 0) is 31.0 Å². The second-order valence-electron chi connectivity index (χ2n) is 6.32. The summed E-state index contributed by atoms with van der Waals surface area (Å²) in [7, 11) is 0. The number of nitriles is 1. The maximum absolute atomic E-state index is 12.3. The predicted molar refractivity (Wildman–Crippen MR) is 92.8 cm³/mol. The number of carbonyl (C=O) groups is 4. The molecule has 2 aliphatic rings. The number of hydrogen-bond donors (Lipinski definition) is 1. The highest BCUT2D eigenvalue weighted by Crippen LogP contribution is 2.34. The van der Waals surface area contributed by atoms with Crippen molar-refractivity contribution in [3.05, 3.63) is 42.0 Å². The van der Waals surface area contributed by atoms with Crippen LogP contribution in [0.4, 0.5) is 5.69 Å². The largest absolute Gasteiger partial charge is 0.454 e. The lowest BCUT2D eigenvalue weighted by Crippen LogP contribution is -2.37. The molecule has 2 atom stereocenters. The van der Waals surface area contributed by atoms with Gasteiger partial charge in [-0.15, -0.1) is 0 Å². The van der Waals surface area contributed by atoms with Gasteiger partial charge in [0, 0.05) is 5.69 Å². The van der Waals surface area contributed by atoms with Crippen LogP contribution in [-0.2, 0) is 23.9 Å². The van der Waals surface area contributed by atoms with Crippen molar-refractivity contribution in [3.8, 4) is 6.07 Å². The van der Waals surface area contributed by atoms with Crippen LogP contribution in [0.25, 0.3) is 0 Å². The van der Waals surface area contributed by atoms with Crippen LogP contribution in [0, 0.1) is 23.2 Å². The van der Waals surface area contributed by atoms with E-state index in [4.69, 9.17) is 10.00 Å². The quantitative estimate of drug-likeness (QED) is 0.471. The van der Waals surface area contributed by atoms with Crippen LogP contribution < -0.4 is 5.32 Å². The number of ether oxygens (including phenoxy) is 1. The van der Waals surface area contributed by atoms with Gasteiger partial charge >= 0.3 is 5.97 Å². The minimum Gasteiger partial charge on any atom is -0.454 e. The van der Waals surface area contributed by atoms with E-state index < -0.39 is 36.9 Å². The van der Waals surface area contributed by atoms with Gasteiger partial charge < -0.3 is 10.1 Å². The summed E-state index contributed by atoms with van der Waals surface area (Å²) in [6.07, 6.45) is 4.70. The van der Waals surface area contributed by atoms with Crippen LogP contribution in [0.15, 0.2) is 36.4 Å². The maximum atomic E-state index is 12.3. The smallest absolute Gasteiger partial charge is 0.326 e. The molecular formula is C19H17N3O5. The number of imide groups is 1. The van der Waals surface area contributed by atoms with Gasteiger partial charge in [0.15, 0.2) is 6.61 Å². The van der Waals surface area contributed by atoms with Crippen molar-refractivity contribution in [2.45, 2.75) is 12.8 Å². The molecule has 3 rings (SSSR count). The highest BCUT2D eigenvalue weighted by atomic mass is 16.5. The molecule has 1 N–H and O–H groups in total. The molecule has 27 heavy (non-hydrogen) atoms. The number of nitrogens with one attached hydrogen (secondary N) is 1. The Balaban J connectivity index is 1.49. The minimum absolute atomic E-state index is 0.371. The molecule has 1 aromatic rings. The summed E-state index contributed by atoms with van der Waals surface area (Å²) in [5.74, 6) is -2.98. The normalized spacial score (nSPS) is 20.8. The number of fused-ring (bicyclic) bond motifs is 1. The van der Waals surface area contributed by atoms with Gasteiger partial charge in [0.05, 0.1) is 23.5 Å². The Labute approximate surface area is 155 Å². The number of nitrogens with zero attached hydrogens (tertiary/aromatic N) is 2. The molecule has 1 aromatic carbocycles. The van der Waals surface area contributed by atoms with E-state index in [0.717, 1.165) is 4.90 Å². The van der Waals surface area contributed by atoms with Crippen LogP contribution >= 0.6 is 0 Å². The van der Waals surface area contributed by atoms with Gasteiger partial charge in [-0.25, -0.2) is 0 Å². The standard InChI is InChI=1S/C19H17N3O5/c20-9-12-4-3-5-13(8-12)21-16(23)11-27-17(24)10-22-18(25)14-6-1-2-7-15(14)19(22)26/h1-5,8,14-15H,6-7,10-11H2,(H,21,23)/t14-,15-/m1/s1. The zero-order chi connectivity index (χ0) is 19.4. The number of esters is 1. The highest BCUT2D eigenvalue weighted by Gasteiger charge is 2.47. The summed E-state index contributed by atoms with van der Waals surface area (Å²) in [6, 6.07) is 8.23. The van der Waals surface area contributed by atoms with E-state index in [-0.39, 0.29) is 11.8 Å². The molecule has 0 aromatic heterocycles. The number of rotatable bonds is 5. The molecule has 0 saturated carbocycles. The van der Waals surface area contributed by atoms with Crippen LogP contribution in [0.1, 0.15) is 18.4 Å². The lowest BCUT2D eigenvalue weighted by molar-refractivity contribution is -0.154. The molecule has 0 unspecified atom stereocenters. The Kier molecular flexibility index (Phi) is 5.31. The Bertz CT molecular complexity index is 844. The lowest BCUT2D eigenvalue weighted by Gasteiger charge is -2.14. The number of benzene rings is 1. The Morgan fingerprint density at radius 2 is 1.85 bits per heavy atom. The van der Waals surface area contributed by atoms with Crippen LogP contribution in [0.3, 0.4) is 0 Å². The number of hydrogen-bond acceptors (Lipinski definition) is 6. The Morgan fingerprint density at radius 3 is 2.48 bits per heavy atom. The van der Waals surface area contributed by atoms with Gasteiger partial charge in [0.1, 0.15) is 6.54 Å². The molecule has 3 amide bonds. The molecule has 8 heteroatoms. The van der Waals surface area contributed by atoms with Crippen molar-refractivity contribution in [2.24, 2.45) is 11.8 Å². The molecule has 1 fully saturated rings. The first-order valence-electron chi connectivity index (χ1n) is 8.45. The van der Waals surface area contributed by atoms with Crippen LogP contribution in [0.5, 0.6) is 0 Å². The lowest BCUT2D eigenvalue weighted by atomic mass is 9.85. The van der Waals surface area contributed by atoms with E-state index >= 15 is 0 Å². The molecule has 1 aliphatic carbocycles. The highest BCUT2D eigenvalue weighted by molar-refractivity contribution is 6.07. The first-order chi connectivity index (χ1) is 13.0. The van der Waals surface area contributed by atoms with Crippen molar-refractivity contribution in [2.75, 3.05) is 18.5 Å². The van der Waals surface area contributed by atoms with E-state index in [2.05, 4.69) is 5.32 Å².